The number of aliphatic carboxylic acids is 1. The van der Waals surface area contributed by atoms with Crippen molar-refractivity contribution in [1.82, 2.24) is 10.6 Å². The molecule has 0 aromatic carbocycles. The van der Waals surface area contributed by atoms with Crippen LogP contribution in [0.4, 0.5) is 0 Å². The summed E-state index contributed by atoms with van der Waals surface area (Å²) in [6.45, 7) is 2.91. The molecule has 1 unspecified atom stereocenters. The Hall–Kier alpha value is -0.610. The van der Waals surface area contributed by atoms with E-state index in [1.165, 1.54) is 12.8 Å². The summed E-state index contributed by atoms with van der Waals surface area (Å²) in [5.74, 6) is -0.708. The van der Waals surface area contributed by atoms with Crippen molar-refractivity contribution in [3.05, 3.63) is 0 Å². The fourth-order valence-corrected chi connectivity index (χ4v) is 1.57. The Morgan fingerprint density at radius 1 is 1.62 bits per heavy atom. The Kier molecular flexibility index (Phi) is 4.78. The first-order chi connectivity index (χ1) is 6.29. The molecule has 0 bridgehead atoms. The van der Waals surface area contributed by atoms with Crippen LogP contribution in [0.3, 0.4) is 0 Å². The molecule has 0 aliphatic carbocycles. The molecule has 1 fully saturated rings. The largest absolute Gasteiger partial charge is 0.481 e. The van der Waals surface area contributed by atoms with Crippen LogP contribution in [0.25, 0.3) is 0 Å². The smallest absolute Gasteiger partial charge is 0.303 e. The van der Waals surface area contributed by atoms with E-state index in [-0.39, 0.29) is 6.42 Å². The van der Waals surface area contributed by atoms with Crippen LogP contribution >= 0.6 is 0 Å². The second kappa shape index (κ2) is 5.94. The highest BCUT2D eigenvalue weighted by Crippen LogP contribution is 2.02. The summed E-state index contributed by atoms with van der Waals surface area (Å²) in [7, 11) is 0. The number of carbonyl (C=O) groups is 1. The second-order valence-electron chi connectivity index (χ2n) is 3.49. The maximum absolute atomic E-state index is 10.2. The van der Waals surface area contributed by atoms with Gasteiger partial charge in [-0.1, -0.05) is 0 Å². The Morgan fingerprint density at radius 2 is 2.46 bits per heavy atom. The van der Waals surface area contributed by atoms with Crippen LogP contribution in [0.5, 0.6) is 0 Å². The number of hydrogen-bond donors (Lipinski definition) is 3. The lowest BCUT2D eigenvalue weighted by Crippen LogP contribution is -2.34. The lowest BCUT2D eigenvalue weighted by Gasteiger charge is -2.10. The van der Waals surface area contributed by atoms with Gasteiger partial charge in [0.05, 0.1) is 0 Å². The molecule has 0 spiro atoms. The van der Waals surface area contributed by atoms with Crippen LogP contribution in [0, 0.1) is 0 Å². The standard InChI is InChI=1S/C9H18N2O2/c12-9(13)4-2-5-10-7-8-3-1-6-11-8/h8,10-11H,1-7H2,(H,12,13). The minimum Gasteiger partial charge on any atom is -0.481 e. The van der Waals surface area contributed by atoms with Gasteiger partial charge in [-0.25, -0.2) is 0 Å². The van der Waals surface area contributed by atoms with E-state index in [0.717, 1.165) is 26.1 Å². The van der Waals surface area contributed by atoms with Gasteiger partial charge in [-0.15, -0.1) is 0 Å². The Bertz CT molecular complexity index is 156. The predicted molar refractivity (Wildman–Crippen MR) is 50.8 cm³/mol. The molecular weight excluding hydrogens is 168 g/mol. The van der Waals surface area contributed by atoms with Gasteiger partial charge in [-0.3, -0.25) is 4.79 Å². The molecule has 13 heavy (non-hydrogen) atoms. The average Bonchev–Trinajstić information content (AvgIpc) is 2.55. The summed E-state index contributed by atoms with van der Waals surface area (Å²) >= 11 is 0. The van der Waals surface area contributed by atoms with Crippen molar-refractivity contribution in [3.8, 4) is 0 Å². The van der Waals surface area contributed by atoms with Crippen LogP contribution in [0.1, 0.15) is 25.7 Å². The van der Waals surface area contributed by atoms with Crippen molar-refractivity contribution >= 4 is 5.97 Å². The highest BCUT2D eigenvalue weighted by atomic mass is 16.4. The highest BCUT2D eigenvalue weighted by Gasteiger charge is 2.12. The Morgan fingerprint density at radius 3 is 3.08 bits per heavy atom. The summed E-state index contributed by atoms with van der Waals surface area (Å²) < 4.78 is 0. The topological polar surface area (TPSA) is 61.4 Å². The van der Waals surface area contributed by atoms with Gasteiger partial charge >= 0.3 is 5.97 Å². The van der Waals surface area contributed by atoms with Gasteiger partial charge in [0.1, 0.15) is 0 Å². The molecule has 76 valence electrons. The van der Waals surface area contributed by atoms with E-state index in [2.05, 4.69) is 10.6 Å². The first-order valence-electron chi connectivity index (χ1n) is 4.95. The molecule has 0 aromatic heterocycles. The monoisotopic (exact) mass is 186 g/mol. The molecule has 3 N–H and O–H groups in total. The van der Waals surface area contributed by atoms with Crippen molar-refractivity contribution < 1.29 is 9.90 Å². The minimum absolute atomic E-state index is 0.269. The van der Waals surface area contributed by atoms with Crippen LogP contribution in [-0.2, 0) is 4.79 Å². The molecule has 1 aliphatic rings. The zero-order valence-electron chi connectivity index (χ0n) is 7.88. The molecule has 1 saturated heterocycles. The molecule has 1 atom stereocenters. The third-order valence-corrected chi connectivity index (χ3v) is 2.30. The number of nitrogens with one attached hydrogen (secondary N) is 2. The van der Waals surface area contributed by atoms with Crippen molar-refractivity contribution in [2.45, 2.75) is 31.7 Å². The lowest BCUT2D eigenvalue weighted by atomic mass is 10.2. The maximum atomic E-state index is 10.2. The number of hydrogen-bond acceptors (Lipinski definition) is 3. The van der Waals surface area contributed by atoms with Crippen LogP contribution in [-0.4, -0.2) is 36.8 Å². The lowest BCUT2D eigenvalue weighted by molar-refractivity contribution is -0.137. The van der Waals surface area contributed by atoms with E-state index in [4.69, 9.17) is 5.11 Å². The molecule has 1 aliphatic heterocycles. The Balaban J connectivity index is 1.86. The van der Waals surface area contributed by atoms with Gasteiger partial charge in [-0.2, -0.15) is 0 Å². The quantitative estimate of drug-likeness (QED) is 0.518. The first-order valence-corrected chi connectivity index (χ1v) is 4.95. The molecule has 0 amide bonds. The summed E-state index contributed by atoms with van der Waals surface area (Å²) in [5, 5.41) is 15.0. The van der Waals surface area contributed by atoms with Gasteiger partial charge in [0.25, 0.3) is 0 Å². The fourth-order valence-electron chi connectivity index (χ4n) is 1.57. The zero-order chi connectivity index (χ0) is 9.52. The zero-order valence-corrected chi connectivity index (χ0v) is 7.88. The molecule has 0 saturated carbocycles. The first kappa shape index (κ1) is 10.5. The summed E-state index contributed by atoms with van der Waals surface area (Å²) in [4.78, 5) is 10.2. The van der Waals surface area contributed by atoms with Crippen molar-refractivity contribution in [3.63, 3.8) is 0 Å². The number of carboxylic acids is 1. The Labute approximate surface area is 78.7 Å². The van der Waals surface area contributed by atoms with E-state index < -0.39 is 5.97 Å². The predicted octanol–water partition coefficient (Wildman–Crippen LogP) is 0.193. The maximum Gasteiger partial charge on any atom is 0.303 e. The van der Waals surface area contributed by atoms with E-state index in [1.807, 2.05) is 0 Å². The van der Waals surface area contributed by atoms with Gasteiger partial charge in [0.2, 0.25) is 0 Å². The molecule has 4 heteroatoms. The summed E-state index contributed by atoms with van der Waals surface area (Å²) in [6.07, 6.45) is 3.50. The van der Waals surface area contributed by atoms with Crippen LogP contribution in [0.2, 0.25) is 0 Å². The summed E-state index contributed by atoms with van der Waals surface area (Å²) in [5.41, 5.74) is 0. The normalized spacial score (nSPS) is 22.0. The third kappa shape index (κ3) is 4.85. The minimum atomic E-state index is -0.708. The fraction of sp³-hybridized carbons (Fsp3) is 0.889. The number of rotatable bonds is 6. The molecule has 0 radical (unpaired) electrons. The van der Waals surface area contributed by atoms with Crippen molar-refractivity contribution in [1.29, 1.82) is 0 Å². The van der Waals surface area contributed by atoms with Crippen LogP contribution < -0.4 is 10.6 Å². The van der Waals surface area contributed by atoms with Gasteiger partial charge < -0.3 is 15.7 Å². The molecular formula is C9H18N2O2. The molecule has 4 nitrogen and oxygen atoms in total. The van der Waals surface area contributed by atoms with E-state index in [1.54, 1.807) is 0 Å². The SMILES string of the molecule is O=C(O)CCCNCC1CCCN1. The van der Waals surface area contributed by atoms with E-state index in [0.29, 0.717) is 6.04 Å². The van der Waals surface area contributed by atoms with E-state index in [9.17, 15) is 4.79 Å². The van der Waals surface area contributed by atoms with Crippen molar-refractivity contribution in [2.24, 2.45) is 0 Å². The summed E-state index contributed by atoms with van der Waals surface area (Å²) in [6, 6.07) is 0.602. The molecule has 0 aromatic rings. The van der Waals surface area contributed by atoms with E-state index >= 15 is 0 Å². The van der Waals surface area contributed by atoms with Gasteiger partial charge in [0.15, 0.2) is 0 Å². The van der Waals surface area contributed by atoms with Gasteiger partial charge in [0, 0.05) is 19.0 Å². The van der Waals surface area contributed by atoms with Crippen LogP contribution in [0.15, 0.2) is 0 Å². The third-order valence-electron chi connectivity index (χ3n) is 2.30. The molecule has 1 heterocycles. The highest BCUT2D eigenvalue weighted by molar-refractivity contribution is 5.66. The van der Waals surface area contributed by atoms with Crippen molar-refractivity contribution in [2.75, 3.05) is 19.6 Å². The number of carboxylic acid groups (broad SMARTS) is 1. The second-order valence-corrected chi connectivity index (χ2v) is 3.49. The average molecular weight is 186 g/mol. The molecule has 1 rings (SSSR count). The van der Waals surface area contributed by atoms with Gasteiger partial charge in [-0.05, 0) is 32.4 Å².